The maximum Gasteiger partial charge on any atom is 0.275 e. The summed E-state index contributed by atoms with van der Waals surface area (Å²) in [5, 5.41) is 16.2. The number of aromatic nitrogens is 3. The van der Waals surface area contributed by atoms with Gasteiger partial charge in [0.05, 0.1) is 45.0 Å². The summed E-state index contributed by atoms with van der Waals surface area (Å²) in [6.45, 7) is 9.78. The van der Waals surface area contributed by atoms with Gasteiger partial charge in [0.1, 0.15) is 0 Å². The molecule has 14 heteroatoms. The second-order valence-electron chi connectivity index (χ2n) is 13.8. The van der Waals surface area contributed by atoms with Crippen molar-refractivity contribution in [3.63, 3.8) is 0 Å². The fraction of sp³-hybridized carbons (Fsp3) is 0.366. The first-order valence-electron chi connectivity index (χ1n) is 18.7. The number of benzene rings is 3. The van der Waals surface area contributed by atoms with Crippen molar-refractivity contribution in [2.45, 2.75) is 83.8 Å². The lowest BCUT2D eigenvalue weighted by Crippen LogP contribution is -2.46. The number of aliphatic hydroxyl groups excluding tert-OH is 1. The zero-order chi connectivity index (χ0) is 39.4. The largest absolute Gasteiger partial charge is 0.394 e. The SMILES string of the molecule is CCCCN(CCCC)C(=O)c1nn(-c2ccc(C(=O)NS(=O)c3cc(Br)c4c(ccn4CC)c3)cc2C(=O)N2Cc3ccccc3C[C@H]2CO)c(C)c1Cl. The van der Waals surface area contributed by atoms with Gasteiger partial charge in [-0.05, 0) is 96.6 Å². The average Bonchev–Trinajstić information content (AvgIpc) is 3.76. The van der Waals surface area contributed by atoms with Crippen LogP contribution in [0.5, 0.6) is 0 Å². The summed E-state index contributed by atoms with van der Waals surface area (Å²) in [6.07, 6.45) is 5.92. The molecule has 0 bridgehead atoms. The van der Waals surface area contributed by atoms with E-state index in [4.69, 9.17) is 16.7 Å². The van der Waals surface area contributed by atoms with Gasteiger partial charge in [0.2, 0.25) is 0 Å². The number of fused-ring (bicyclic) bond motifs is 2. The fourth-order valence-corrected chi connectivity index (χ4v) is 8.95. The number of aryl methyl sites for hydroxylation is 1. The number of aliphatic hydroxyl groups is 1. The highest BCUT2D eigenvalue weighted by atomic mass is 79.9. The zero-order valence-corrected chi connectivity index (χ0v) is 34.6. The van der Waals surface area contributed by atoms with Gasteiger partial charge in [0, 0.05) is 47.8 Å². The molecule has 2 N–H and O–H groups in total. The maximum absolute atomic E-state index is 14.7. The topological polar surface area (TPSA) is 130 Å². The van der Waals surface area contributed by atoms with Gasteiger partial charge in [0.25, 0.3) is 17.7 Å². The number of hydrogen-bond acceptors (Lipinski definition) is 6. The van der Waals surface area contributed by atoms with Crippen molar-refractivity contribution >= 4 is 67.1 Å². The molecule has 6 rings (SSSR count). The van der Waals surface area contributed by atoms with E-state index in [9.17, 15) is 23.7 Å². The average molecular weight is 850 g/mol. The third kappa shape index (κ3) is 8.30. The Kier molecular flexibility index (Phi) is 13.0. The third-order valence-corrected chi connectivity index (χ3v) is 12.3. The van der Waals surface area contributed by atoms with Crippen molar-refractivity contribution in [2.24, 2.45) is 0 Å². The van der Waals surface area contributed by atoms with Gasteiger partial charge >= 0.3 is 0 Å². The molecule has 0 spiro atoms. The van der Waals surface area contributed by atoms with E-state index in [1.54, 1.807) is 34.9 Å². The van der Waals surface area contributed by atoms with Crippen molar-refractivity contribution in [3.05, 3.63) is 110 Å². The summed E-state index contributed by atoms with van der Waals surface area (Å²) in [6, 6.07) is 17.2. The predicted octanol–water partition coefficient (Wildman–Crippen LogP) is 7.63. The van der Waals surface area contributed by atoms with Gasteiger partial charge in [-0.1, -0.05) is 62.6 Å². The smallest absolute Gasteiger partial charge is 0.275 e. The number of nitrogens with zero attached hydrogens (tertiary/aromatic N) is 5. The van der Waals surface area contributed by atoms with E-state index in [0.29, 0.717) is 35.8 Å². The molecule has 0 saturated carbocycles. The van der Waals surface area contributed by atoms with Gasteiger partial charge in [-0.15, -0.1) is 0 Å². The minimum absolute atomic E-state index is 0.0829. The van der Waals surface area contributed by atoms with Gasteiger partial charge in [-0.2, -0.15) is 5.10 Å². The number of rotatable bonds is 14. The number of halogens is 2. The number of carbonyl (C=O) groups excluding carboxylic acids is 3. The molecule has 290 valence electrons. The Labute approximate surface area is 337 Å². The van der Waals surface area contributed by atoms with Crippen LogP contribution in [0, 0.1) is 6.92 Å². The van der Waals surface area contributed by atoms with Crippen LogP contribution in [0.25, 0.3) is 16.6 Å². The van der Waals surface area contributed by atoms with Crippen molar-refractivity contribution < 1.29 is 23.7 Å². The minimum atomic E-state index is -1.93. The van der Waals surface area contributed by atoms with Crippen LogP contribution >= 0.6 is 27.5 Å². The molecule has 2 aromatic heterocycles. The summed E-state index contributed by atoms with van der Waals surface area (Å²) in [7, 11) is -1.93. The third-order valence-electron chi connectivity index (χ3n) is 10.2. The van der Waals surface area contributed by atoms with Crippen LogP contribution in [0.3, 0.4) is 0 Å². The molecule has 1 unspecified atom stereocenters. The van der Waals surface area contributed by atoms with Crippen LogP contribution < -0.4 is 4.72 Å². The highest BCUT2D eigenvalue weighted by Crippen LogP contribution is 2.32. The van der Waals surface area contributed by atoms with E-state index in [1.807, 2.05) is 43.5 Å². The van der Waals surface area contributed by atoms with E-state index in [0.717, 1.165) is 58.7 Å². The van der Waals surface area contributed by atoms with E-state index in [-0.39, 0.29) is 40.9 Å². The first kappa shape index (κ1) is 40.4. The summed E-state index contributed by atoms with van der Waals surface area (Å²) < 4.78 is 20.5. The van der Waals surface area contributed by atoms with Crippen molar-refractivity contribution in [1.29, 1.82) is 0 Å². The normalized spacial score (nSPS) is 14.5. The lowest BCUT2D eigenvalue weighted by atomic mass is 9.93. The Balaban J connectivity index is 1.39. The fourth-order valence-electron chi connectivity index (χ4n) is 7.04. The second-order valence-corrected chi connectivity index (χ2v) is 16.2. The highest BCUT2D eigenvalue weighted by Gasteiger charge is 2.33. The molecule has 1 aliphatic rings. The molecule has 0 aliphatic carbocycles. The molecule has 3 heterocycles. The number of carbonyl (C=O) groups is 3. The van der Waals surface area contributed by atoms with Crippen LogP contribution in [0.15, 0.2) is 76.2 Å². The van der Waals surface area contributed by atoms with Gasteiger partial charge < -0.3 is 19.5 Å². The number of hydrogen-bond donors (Lipinski definition) is 2. The van der Waals surface area contributed by atoms with E-state index in [2.05, 4.69) is 39.1 Å². The number of amides is 3. The summed E-state index contributed by atoms with van der Waals surface area (Å²) in [5.41, 5.74) is 4.00. The second kappa shape index (κ2) is 17.7. The van der Waals surface area contributed by atoms with Crippen LogP contribution in [0.4, 0.5) is 0 Å². The Morgan fingerprint density at radius 3 is 2.40 bits per heavy atom. The predicted molar refractivity (Wildman–Crippen MR) is 219 cm³/mol. The monoisotopic (exact) mass is 848 g/mol. The molecular formula is C41H46BrClN6O5S. The first-order chi connectivity index (χ1) is 26.5. The Morgan fingerprint density at radius 1 is 1.02 bits per heavy atom. The standard InChI is InChI=1S/C41H46BrClN6O5S/c1-5-8-17-47(18-9-6-2)41(53)37-36(43)26(4)49(44-37)35-15-14-29(22-33(35)40(52)48-24-30-13-11-10-12-27(30)20-31(48)25-50)39(51)45-55(54)32-21-28-16-19-46(7-3)38(28)34(42)23-32/h10-16,19,21-23,31,50H,5-9,17-18,20,24-25H2,1-4H3,(H,45,51)/t31-,55?/m0/s1. The summed E-state index contributed by atoms with van der Waals surface area (Å²) in [5.74, 6) is -1.39. The maximum atomic E-state index is 14.7. The Morgan fingerprint density at radius 2 is 1.73 bits per heavy atom. The van der Waals surface area contributed by atoms with Crippen molar-refractivity contribution in [2.75, 3.05) is 19.7 Å². The van der Waals surface area contributed by atoms with E-state index in [1.165, 1.54) is 16.8 Å². The molecule has 0 saturated heterocycles. The van der Waals surface area contributed by atoms with Crippen LogP contribution in [-0.2, 0) is 30.5 Å². The quantitative estimate of drug-likeness (QED) is 0.118. The van der Waals surface area contributed by atoms with Gasteiger partial charge in [-0.25, -0.2) is 8.89 Å². The first-order valence-corrected chi connectivity index (χ1v) is 21.0. The molecule has 1 aliphatic heterocycles. The lowest BCUT2D eigenvalue weighted by Gasteiger charge is -2.36. The summed E-state index contributed by atoms with van der Waals surface area (Å²) >= 11 is 10.4. The van der Waals surface area contributed by atoms with Crippen LogP contribution in [0.2, 0.25) is 5.02 Å². The van der Waals surface area contributed by atoms with Crippen LogP contribution in [0.1, 0.15) is 94.5 Å². The molecule has 55 heavy (non-hydrogen) atoms. The van der Waals surface area contributed by atoms with E-state index < -0.39 is 28.8 Å². The molecule has 3 amide bonds. The molecule has 3 aromatic carbocycles. The van der Waals surface area contributed by atoms with Gasteiger partial charge in [-0.3, -0.25) is 19.1 Å². The highest BCUT2D eigenvalue weighted by molar-refractivity contribution is 9.10. The molecule has 0 radical (unpaired) electrons. The van der Waals surface area contributed by atoms with Crippen molar-refractivity contribution in [3.8, 4) is 5.69 Å². The zero-order valence-electron chi connectivity index (χ0n) is 31.5. The van der Waals surface area contributed by atoms with Gasteiger partial charge in [0.15, 0.2) is 16.7 Å². The number of nitrogens with one attached hydrogen (secondary N) is 1. The Hall–Kier alpha value is -4.30. The van der Waals surface area contributed by atoms with E-state index >= 15 is 0 Å². The molecule has 2 atom stereocenters. The number of unbranched alkanes of at least 4 members (excludes halogenated alkanes) is 2. The molecule has 11 nitrogen and oxygen atoms in total. The lowest BCUT2D eigenvalue weighted by molar-refractivity contribution is 0.0544. The minimum Gasteiger partial charge on any atom is -0.394 e. The molecule has 0 fully saturated rings. The summed E-state index contributed by atoms with van der Waals surface area (Å²) in [4.78, 5) is 46.2. The molecular weight excluding hydrogens is 804 g/mol. The van der Waals surface area contributed by atoms with Crippen LogP contribution in [-0.4, -0.2) is 76.9 Å². The Bertz CT molecular complexity index is 2260. The molecule has 5 aromatic rings. The van der Waals surface area contributed by atoms with Crippen molar-refractivity contribution in [1.82, 2.24) is 28.9 Å².